The molecule has 0 fully saturated rings. The number of nitrogens with one attached hydrogen (secondary N) is 1. The van der Waals surface area contributed by atoms with Crippen LogP contribution in [-0.4, -0.2) is 64.6 Å². The number of rotatable bonds is 9. The first-order valence-corrected chi connectivity index (χ1v) is 16.8. The first-order valence-electron chi connectivity index (χ1n) is 16.8. The number of allylic oxidation sites excluding steroid dienone is 2. The second-order valence-corrected chi connectivity index (χ2v) is 11.0. The number of amides is 2. The Kier molecular flexibility index (Phi) is 22.2. The fraction of sp³-hybridized carbons (Fsp3) is 0.568. The van der Waals surface area contributed by atoms with Crippen molar-refractivity contribution in [3.8, 4) is 11.5 Å². The van der Waals surface area contributed by atoms with Crippen molar-refractivity contribution >= 4 is 30.6 Å². The molecule has 2 amide bonds. The normalized spacial score (nSPS) is 27.4. The molecule has 0 radical (unpaired) electrons. The van der Waals surface area contributed by atoms with E-state index in [4.69, 9.17) is 34.2 Å². The van der Waals surface area contributed by atoms with Gasteiger partial charge in [0.25, 0.3) is 18.9 Å². The van der Waals surface area contributed by atoms with Crippen molar-refractivity contribution in [1.29, 1.82) is 0 Å². The number of primary amides is 1. The van der Waals surface area contributed by atoms with Crippen LogP contribution in [0.2, 0.25) is 0 Å². The summed E-state index contributed by atoms with van der Waals surface area (Å²) in [6, 6.07) is 2.90. The molecule has 1 aromatic carbocycles. The molecule has 2 bridgehead atoms. The third-order valence-electron chi connectivity index (χ3n) is 7.92. The highest BCUT2D eigenvalue weighted by Gasteiger charge is 2.34. The Morgan fingerprint density at radius 3 is 2.08 bits per heavy atom. The minimum Gasteiger partial charge on any atom is -0.441 e. The highest BCUT2D eigenvalue weighted by molar-refractivity contribution is 6.04. The van der Waals surface area contributed by atoms with Gasteiger partial charge in [-0.05, 0) is 37.3 Å². The van der Waals surface area contributed by atoms with Gasteiger partial charge < -0.3 is 39.5 Å². The molecule has 1 aliphatic rings. The van der Waals surface area contributed by atoms with Crippen molar-refractivity contribution < 1.29 is 47.6 Å². The fourth-order valence-electron chi connectivity index (χ4n) is 5.72. The summed E-state index contributed by atoms with van der Waals surface area (Å²) in [7, 11) is 4.69. The number of hydrogen-bond donors (Lipinski definition) is 2. The maximum Gasteiger partial charge on any atom is 0.405 e. The van der Waals surface area contributed by atoms with Crippen LogP contribution >= 0.6 is 0 Å². The Morgan fingerprint density at radius 2 is 1.57 bits per heavy atom. The summed E-state index contributed by atoms with van der Waals surface area (Å²) in [4.78, 5) is 48.1. The van der Waals surface area contributed by atoms with E-state index in [1.54, 1.807) is 39.4 Å². The Labute approximate surface area is 292 Å². The zero-order chi connectivity index (χ0) is 37.7. The molecule has 12 heteroatoms. The Hall–Kier alpha value is -4.00. The average molecular weight is 691 g/mol. The predicted molar refractivity (Wildman–Crippen MR) is 190 cm³/mol. The molecular formula is C37H58N2O10. The SMILES string of the molecule is CC.CC.CC/C1=C\C(C)C(OC)C(OC)CC(C)C(OC)c2cc(OC=O)cc(c2OC=O)NC(=O)/C(C)=C/C=C\C(C)C1OC(N)=O. The van der Waals surface area contributed by atoms with Gasteiger partial charge in [0, 0.05) is 50.4 Å². The molecule has 3 N–H and O–H groups in total. The molecule has 0 saturated heterocycles. The van der Waals surface area contributed by atoms with E-state index in [0.717, 1.165) is 5.57 Å². The number of methoxy groups -OCH3 is 3. The van der Waals surface area contributed by atoms with E-state index in [2.05, 4.69) is 5.32 Å². The summed E-state index contributed by atoms with van der Waals surface area (Å²) in [5, 5.41) is 2.75. The van der Waals surface area contributed by atoms with E-state index in [1.807, 2.05) is 61.5 Å². The molecule has 0 aromatic heterocycles. The smallest absolute Gasteiger partial charge is 0.405 e. The van der Waals surface area contributed by atoms with Gasteiger partial charge in [0.2, 0.25) is 0 Å². The van der Waals surface area contributed by atoms with Gasteiger partial charge in [0.15, 0.2) is 5.75 Å². The van der Waals surface area contributed by atoms with Crippen LogP contribution < -0.4 is 20.5 Å². The van der Waals surface area contributed by atoms with Gasteiger partial charge in [-0.3, -0.25) is 14.4 Å². The maximum absolute atomic E-state index is 13.3. The number of carbonyl (C=O) groups excluding carboxylic acids is 4. The van der Waals surface area contributed by atoms with E-state index in [-0.39, 0.29) is 47.9 Å². The largest absolute Gasteiger partial charge is 0.441 e. The van der Waals surface area contributed by atoms with Crippen molar-refractivity contribution in [2.45, 2.75) is 99.6 Å². The molecule has 1 heterocycles. The summed E-state index contributed by atoms with van der Waals surface area (Å²) < 4.78 is 33.9. The van der Waals surface area contributed by atoms with Crippen molar-refractivity contribution in [1.82, 2.24) is 0 Å². The van der Waals surface area contributed by atoms with Crippen LogP contribution in [0, 0.1) is 17.8 Å². The predicted octanol–water partition coefficient (Wildman–Crippen LogP) is 7.08. The standard InChI is InChI=1S/C33H46N2O10.2C2H6/c1-9-23-13-21(4)30(42-8)27(40-6)14-22(5)29(41-7)25-15-24(43-17-36)16-26(31(25)44-18-37)35-32(38)20(3)12-10-11-19(2)28(23)45-33(34)39;2*1-2/h10-13,15-19,21-22,27-30H,9,14H2,1-8H3,(H2,34,39)(H,35,38);2*1-2H3/b11-10-,20-12+,23-13+;;. The van der Waals surface area contributed by atoms with Crippen LogP contribution in [0.15, 0.2) is 47.6 Å². The van der Waals surface area contributed by atoms with Crippen molar-refractivity contribution in [3.63, 3.8) is 0 Å². The third kappa shape index (κ3) is 13.4. The minimum absolute atomic E-state index is 0.0396. The van der Waals surface area contributed by atoms with Crippen LogP contribution in [0.25, 0.3) is 0 Å². The van der Waals surface area contributed by atoms with Gasteiger partial charge in [-0.15, -0.1) is 0 Å². The first kappa shape index (κ1) is 45.0. The second-order valence-electron chi connectivity index (χ2n) is 11.0. The van der Waals surface area contributed by atoms with Gasteiger partial charge in [0.05, 0.1) is 24.0 Å². The molecule has 0 saturated carbocycles. The molecule has 7 unspecified atom stereocenters. The van der Waals surface area contributed by atoms with Crippen molar-refractivity contribution in [2.75, 3.05) is 26.6 Å². The quantitative estimate of drug-likeness (QED) is 0.202. The van der Waals surface area contributed by atoms with Gasteiger partial charge in [-0.2, -0.15) is 0 Å². The number of nitrogens with two attached hydrogens (primary N) is 1. The second kappa shape index (κ2) is 24.2. The van der Waals surface area contributed by atoms with Crippen LogP contribution in [0.5, 0.6) is 11.5 Å². The number of benzene rings is 1. The van der Waals surface area contributed by atoms with Crippen LogP contribution in [0.4, 0.5) is 10.5 Å². The molecule has 276 valence electrons. The lowest BCUT2D eigenvalue weighted by Crippen LogP contribution is -2.38. The summed E-state index contributed by atoms with van der Waals surface area (Å²) in [5.41, 5.74) is 7.09. The lowest BCUT2D eigenvalue weighted by Gasteiger charge is -2.34. The molecule has 2 rings (SSSR count). The van der Waals surface area contributed by atoms with Gasteiger partial charge >= 0.3 is 6.09 Å². The molecular weight excluding hydrogens is 632 g/mol. The van der Waals surface area contributed by atoms with Crippen LogP contribution in [-0.2, 0) is 33.3 Å². The van der Waals surface area contributed by atoms with E-state index in [0.29, 0.717) is 24.0 Å². The molecule has 0 spiro atoms. The zero-order valence-electron chi connectivity index (χ0n) is 31.2. The number of hydrogen-bond acceptors (Lipinski definition) is 10. The topological polar surface area (TPSA) is 162 Å². The average Bonchev–Trinajstić information content (AvgIpc) is 3.09. The summed E-state index contributed by atoms with van der Waals surface area (Å²) >= 11 is 0. The summed E-state index contributed by atoms with van der Waals surface area (Å²) in [6.07, 6.45) is 4.99. The Morgan fingerprint density at radius 1 is 0.939 bits per heavy atom. The lowest BCUT2D eigenvalue weighted by atomic mass is 9.85. The summed E-state index contributed by atoms with van der Waals surface area (Å²) in [5.74, 6) is -1.13. The van der Waals surface area contributed by atoms with Crippen LogP contribution in [0.3, 0.4) is 0 Å². The number of carbonyl (C=O) groups is 4. The zero-order valence-corrected chi connectivity index (χ0v) is 31.2. The minimum atomic E-state index is -0.901. The fourth-order valence-corrected chi connectivity index (χ4v) is 5.72. The highest BCUT2D eigenvalue weighted by Crippen LogP contribution is 2.43. The monoisotopic (exact) mass is 690 g/mol. The highest BCUT2D eigenvalue weighted by atomic mass is 16.6. The number of anilines is 1. The van der Waals surface area contributed by atoms with Crippen LogP contribution in [0.1, 0.15) is 86.8 Å². The van der Waals surface area contributed by atoms with Crippen molar-refractivity contribution in [3.05, 3.63) is 53.1 Å². The van der Waals surface area contributed by atoms with Crippen molar-refractivity contribution in [2.24, 2.45) is 23.5 Å². The molecule has 7 atom stereocenters. The molecule has 12 nitrogen and oxygen atoms in total. The maximum atomic E-state index is 13.3. The van der Waals surface area contributed by atoms with E-state index >= 15 is 0 Å². The molecule has 1 aliphatic heterocycles. The summed E-state index contributed by atoms with van der Waals surface area (Å²) in [6.45, 7) is 17.9. The first-order chi connectivity index (χ1) is 23.4. The molecule has 0 aliphatic carbocycles. The van der Waals surface area contributed by atoms with Gasteiger partial charge in [0.1, 0.15) is 11.9 Å². The van der Waals surface area contributed by atoms with E-state index < -0.39 is 36.4 Å². The van der Waals surface area contributed by atoms with Gasteiger partial charge in [-0.1, -0.05) is 79.7 Å². The Balaban J connectivity index is 0.00000554. The number of fused-ring (bicyclic) bond motifs is 2. The molecule has 49 heavy (non-hydrogen) atoms. The Bertz CT molecular complexity index is 1280. The van der Waals surface area contributed by atoms with Gasteiger partial charge in [-0.25, -0.2) is 4.79 Å². The lowest BCUT2D eigenvalue weighted by molar-refractivity contribution is -0.121. The molecule has 1 aromatic rings. The number of ether oxygens (including phenoxy) is 6. The van der Waals surface area contributed by atoms with E-state index in [1.165, 1.54) is 19.2 Å². The third-order valence-corrected chi connectivity index (χ3v) is 7.92. The van der Waals surface area contributed by atoms with E-state index in [9.17, 15) is 19.2 Å².